The van der Waals surface area contributed by atoms with Gasteiger partial charge in [-0.05, 0) is 25.7 Å². The standard InChI is InChI=1S/C15H25N3O/c16-15(10-6-3-7-11-15)14-17-13(18-19-14)12-8-4-1-2-5-9-12/h12H,1-11,16H2. The third-order valence-corrected chi connectivity index (χ3v) is 4.83. The minimum atomic E-state index is -0.353. The van der Waals surface area contributed by atoms with Gasteiger partial charge in [-0.2, -0.15) is 4.98 Å². The minimum Gasteiger partial charge on any atom is -0.337 e. The maximum absolute atomic E-state index is 6.46. The first-order valence-corrected chi connectivity index (χ1v) is 7.91. The Morgan fingerprint density at radius 1 is 0.947 bits per heavy atom. The predicted octanol–water partition coefficient (Wildman–Crippen LogP) is 3.63. The van der Waals surface area contributed by atoms with Crippen molar-refractivity contribution in [1.29, 1.82) is 0 Å². The van der Waals surface area contributed by atoms with Gasteiger partial charge in [0.25, 0.3) is 0 Å². The molecule has 2 saturated carbocycles. The number of nitrogens with two attached hydrogens (primary N) is 1. The largest absolute Gasteiger partial charge is 0.337 e. The Bertz CT molecular complexity index is 401. The van der Waals surface area contributed by atoms with Crippen LogP contribution in [0.15, 0.2) is 4.52 Å². The summed E-state index contributed by atoms with van der Waals surface area (Å²) in [5.74, 6) is 2.09. The average Bonchev–Trinajstić information content (AvgIpc) is 2.77. The molecule has 0 aliphatic heterocycles. The van der Waals surface area contributed by atoms with E-state index in [-0.39, 0.29) is 5.54 Å². The summed E-state index contributed by atoms with van der Waals surface area (Å²) >= 11 is 0. The molecule has 19 heavy (non-hydrogen) atoms. The number of hydrogen-bond acceptors (Lipinski definition) is 4. The molecular formula is C15H25N3O. The second-order valence-electron chi connectivity index (χ2n) is 6.36. The fourth-order valence-electron chi connectivity index (χ4n) is 3.54. The van der Waals surface area contributed by atoms with Crippen LogP contribution in [0.2, 0.25) is 0 Å². The molecule has 2 fully saturated rings. The molecule has 0 unspecified atom stereocenters. The smallest absolute Gasteiger partial charge is 0.246 e. The van der Waals surface area contributed by atoms with Crippen LogP contribution in [0, 0.1) is 0 Å². The highest BCUT2D eigenvalue weighted by Gasteiger charge is 2.35. The summed E-state index contributed by atoms with van der Waals surface area (Å²) in [7, 11) is 0. The van der Waals surface area contributed by atoms with Crippen LogP contribution in [-0.4, -0.2) is 10.1 Å². The molecule has 0 atom stereocenters. The SMILES string of the molecule is NC1(c2nc(C3CCCCCC3)no2)CCCCC1. The van der Waals surface area contributed by atoms with Gasteiger partial charge in [-0.15, -0.1) is 0 Å². The van der Waals surface area contributed by atoms with Crippen molar-refractivity contribution in [2.45, 2.75) is 82.1 Å². The van der Waals surface area contributed by atoms with Crippen LogP contribution in [0.25, 0.3) is 0 Å². The van der Waals surface area contributed by atoms with Gasteiger partial charge in [-0.25, -0.2) is 0 Å². The molecule has 0 bridgehead atoms. The third-order valence-electron chi connectivity index (χ3n) is 4.83. The Labute approximate surface area is 115 Å². The zero-order valence-electron chi connectivity index (χ0n) is 11.7. The summed E-state index contributed by atoms with van der Waals surface area (Å²) in [5.41, 5.74) is 6.10. The van der Waals surface area contributed by atoms with Crippen LogP contribution in [0.5, 0.6) is 0 Å². The molecule has 2 aliphatic carbocycles. The maximum atomic E-state index is 6.46. The van der Waals surface area contributed by atoms with Gasteiger partial charge in [0.05, 0.1) is 5.54 Å². The molecule has 0 aromatic carbocycles. The Kier molecular flexibility index (Phi) is 3.87. The zero-order valence-corrected chi connectivity index (χ0v) is 11.7. The Balaban J connectivity index is 1.74. The van der Waals surface area contributed by atoms with Gasteiger partial charge < -0.3 is 10.3 Å². The molecule has 4 nitrogen and oxygen atoms in total. The summed E-state index contributed by atoms with van der Waals surface area (Å²) in [4.78, 5) is 4.67. The lowest BCUT2D eigenvalue weighted by Crippen LogP contribution is -2.39. The van der Waals surface area contributed by atoms with Crippen molar-refractivity contribution in [1.82, 2.24) is 10.1 Å². The fourth-order valence-corrected chi connectivity index (χ4v) is 3.54. The molecule has 4 heteroatoms. The summed E-state index contributed by atoms with van der Waals surface area (Å²) in [6, 6.07) is 0. The minimum absolute atomic E-state index is 0.353. The van der Waals surface area contributed by atoms with Crippen LogP contribution < -0.4 is 5.73 Å². The van der Waals surface area contributed by atoms with Crippen LogP contribution >= 0.6 is 0 Å². The van der Waals surface area contributed by atoms with E-state index in [9.17, 15) is 0 Å². The van der Waals surface area contributed by atoms with Crippen molar-refractivity contribution in [3.8, 4) is 0 Å². The average molecular weight is 263 g/mol. The van der Waals surface area contributed by atoms with Gasteiger partial charge in [-0.3, -0.25) is 0 Å². The topological polar surface area (TPSA) is 64.9 Å². The van der Waals surface area contributed by atoms with E-state index in [0.29, 0.717) is 11.8 Å². The quantitative estimate of drug-likeness (QED) is 0.827. The van der Waals surface area contributed by atoms with Crippen LogP contribution in [0.4, 0.5) is 0 Å². The lowest BCUT2D eigenvalue weighted by atomic mass is 9.82. The van der Waals surface area contributed by atoms with E-state index in [4.69, 9.17) is 10.3 Å². The van der Waals surface area contributed by atoms with Crippen molar-refractivity contribution in [3.05, 3.63) is 11.7 Å². The van der Waals surface area contributed by atoms with E-state index in [1.54, 1.807) is 0 Å². The molecule has 1 aromatic rings. The molecule has 2 aliphatic rings. The van der Waals surface area contributed by atoms with E-state index in [2.05, 4.69) is 10.1 Å². The summed E-state index contributed by atoms with van der Waals surface area (Å²) in [5, 5.41) is 4.24. The Morgan fingerprint density at radius 2 is 1.58 bits per heavy atom. The molecule has 2 N–H and O–H groups in total. The van der Waals surface area contributed by atoms with Gasteiger partial charge in [0.15, 0.2) is 5.82 Å². The molecule has 3 rings (SSSR count). The Hall–Kier alpha value is -0.900. The normalized spacial score (nSPS) is 25.1. The van der Waals surface area contributed by atoms with Crippen molar-refractivity contribution >= 4 is 0 Å². The van der Waals surface area contributed by atoms with Gasteiger partial charge in [0, 0.05) is 5.92 Å². The van der Waals surface area contributed by atoms with Crippen molar-refractivity contribution in [2.75, 3.05) is 0 Å². The number of rotatable bonds is 2. The highest BCUT2D eigenvalue weighted by atomic mass is 16.5. The van der Waals surface area contributed by atoms with Crippen LogP contribution in [0.1, 0.15) is 88.3 Å². The van der Waals surface area contributed by atoms with Crippen LogP contribution in [0.3, 0.4) is 0 Å². The molecule has 1 heterocycles. The van der Waals surface area contributed by atoms with Gasteiger partial charge in [0.2, 0.25) is 5.89 Å². The number of nitrogens with zero attached hydrogens (tertiary/aromatic N) is 2. The van der Waals surface area contributed by atoms with Crippen molar-refractivity contribution < 1.29 is 4.52 Å². The zero-order chi connectivity index (χ0) is 13.1. The van der Waals surface area contributed by atoms with Crippen LogP contribution in [-0.2, 0) is 5.54 Å². The molecular weight excluding hydrogens is 238 g/mol. The first-order valence-electron chi connectivity index (χ1n) is 7.91. The summed E-state index contributed by atoms with van der Waals surface area (Å²) in [6.07, 6.45) is 13.3. The Morgan fingerprint density at radius 3 is 2.26 bits per heavy atom. The van der Waals surface area contributed by atoms with E-state index in [1.165, 1.54) is 57.8 Å². The molecule has 0 radical (unpaired) electrons. The first-order chi connectivity index (χ1) is 9.28. The molecule has 1 aromatic heterocycles. The van der Waals surface area contributed by atoms with Crippen molar-refractivity contribution in [2.24, 2.45) is 5.73 Å². The summed E-state index contributed by atoms with van der Waals surface area (Å²) < 4.78 is 5.52. The second kappa shape index (κ2) is 5.61. The summed E-state index contributed by atoms with van der Waals surface area (Å²) in [6.45, 7) is 0. The highest BCUT2D eigenvalue weighted by Crippen LogP contribution is 2.36. The van der Waals surface area contributed by atoms with Gasteiger partial charge in [-0.1, -0.05) is 50.1 Å². The van der Waals surface area contributed by atoms with Gasteiger partial charge in [0.1, 0.15) is 0 Å². The number of hydrogen-bond donors (Lipinski definition) is 1. The first kappa shape index (κ1) is 13.1. The molecule has 0 saturated heterocycles. The van der Waals surface area contributed by atoms with E-state index in [0.717, 1.165) is 18.7 Å². The van der Waals surface area contributed by atoms with Crippen molar-refractivity contribution in [3.63, 3.8) is 0 Å². The van der Waals surface area contributed by atoms with Gasteiger partial charge >= 0.3 is 0 Å². The third kappa shape index (κ3) is 2.83. The van der Waals surface area contributed by atoms with E-state index < -0.39 is 0 Å². The molecule has 0 amide bonds. The molecule has 106 valence electrons. The maximum Gasteiger partial charge on any atom is 0.246 e. The molecule has 0 spiro atoms. The van der Waals surface area contributed by atoms with E-state index in [1.807, 2.05) is 0 Å². The lowest BCUT2D eigenvalue weighted by molar-refractivity contribution is 0.219. The predicted molar refractivity (Wildman–Crippen MR) is 73.7 cm³/mol. The number of aromatic nitrogens is 2. The monoisotopic (exact) mass is 263 g/mol. The lowest BCUT2D eigenvalue weighted by Gasteiger charge is -2.29. The van der Waals surface area contributed by atoms with E-state index >= 15 is 0 Å². The second-order valence-corrected chi connectivity index (χ2v) is 6.36. The highest BCUT2D eigenvalue weighted by molar-refractivity contribution is 5.06. The fraction of sp³-hybridized carbons (Fsp3) is 0.867.